The zero-order valence-corrected chi connectivity index (χ0v) is 12.3. The number of nitrogens with two attached hydrogens (primary N) is 1. The van der Waals surface area contributed by atoms with Gasteiger partial charge < -0.3 is 10.5 Å². The predicted molar refractivity (Wildman–Crippen MR) is 80.2 cm³/mol. The molecule has 19 heavy (non-hydrogen) atoms. The van der Waals surface area contributed by atoms with Crippen LogP contribution in [0.1, 0.15) is 45.1 Å². The zero-order chi connectivity index (χ0) is 13.7. The van der Waals surface area contributed by atoms with E-state index in [0.29, 0.717) is 0 Å². The Labute approximate surface area is 117 Å². The summed E-state index contributed by atoms with van der Waals surface area (Å²) in [4.78, 5) is 0. The molecule has 0 saturated carbocycles. The van der Waals surface area contributed by atoms with E-state index in [1.165, 1.54) is 12.0 Å². The first-order chi connectivity index (χ1) is 9.15. The molecule has 0 radical (unpaired) electrons. The minimum Gasteiger partial charge on any atom is -0.381 e. The molecule has 1 aromatic rings. The lowest BCUT2D eigenvalue weighted by Gasteiger charge is -2.42. The van der Waals surface area contributed by atoms with Gasteiger partial charge in [-0.2, -0.15) is 0 Å². The standard InChI is InChI=1S/C17H27NO/c1-14(2)8-9-16(18)17(10-12-19-13-11-17)15-6-4-3-5-7-15/h3-7,14,16H,8-13,18H2,1-2H3. The molecule has 1 aromatic carbocycles. The van der Waals surface area contributed by atoms with E-state index in [1.54, 1.807) is 0 Å². The van der Waals surface area contributed by atoms with Crippen LogP contribution in [0.5, 0.6) is 0 Å². The van der Waals surface area contributed by atoms with Crippen LogP contribution in [0, 0.1) is 5.92 Å². The van der Waals surface area contributed by atoms with E-state index in [2.05, 4.69) is 44.2 Å². The SMILES string of the molecule is CC(C)CCC(N)C1(c2ccccc2)CCOCC1. The van der Waals surface area contributed by atoms with Crippen molar-refractivity contribution in [3.8, 4) is 0 Å². The average molecular weight is 261 g/mol. The van der Waals surface area contributed by atoms with Crippen molar-refractivity contribution in [2.75, 3.05) is 13.2 Å². The van der Waals surface area contributed by atoms with Crippen molar-refractivity contribution < 1.29 is 4.74 Å². The molecule has 2 heteroatoms. The highest BCUT2D eigenvalue weighted by molar-refractivity contribution is 5.28. The Balaban J connectivity index is 2.19. The van der Waals surface area contributed by atoms with Crippen molar-refractivity contribution in [1.82, 2.24) is 0 Å². The highest BCUT2D eigenvalue weighted by atomic mass is 16.5. The molecule has 2 N–H and O–H groups in total. The van der Waals surface area contributed by atoms with Crippen LogP contribution >= 0.6 is 0 Å². The van der Waals surface area contributed by atoms with Gasteiger partial charge in [-0.25, -0.2) is 0 Å². The second kappa shape index (κ2) is 6.53. The van der Waals surface area contributed by atoms with E-state index in [9.17, 15) is 0 Å². The third kappa shape index (κ3) is 3.37. The molecule has 1 aliphatic heterocycles. The van der Waals surface area contributed by atoms with Crippen LogP contribution in [-0.4, -0.2) is 19.3 Å². The second-order valence-corrected chi connectivity index (χ2v) is 6.21. The molecule has 0 aliphatic carbocycles. The summed E-state index contributed by atoms with van der Waals surface area (Å²) in [5.41, 5.74) is 8.13. The fourth-order valence-electron chi connectivity index (χ4n) is 3.17. The maximum absolute atomic E-state index is 6.61. The molecule has 0 bridgehead atoms. The Morgan fingerprint density at radius 1 is 1.11 bits per heavy atom. The smallest absolute Gasteiger partial charge is 0.0475 e. The Bertz CT molecular complexity index is 368. The molecule has 0 spiro atoms. The van der Waals surface area contributed by atoms with Gasteiger partial charge in [0.25, 0.3) is 0 Å². The summed E-state index contributed by atoms with van der Waals surface area (Å²) in [6, 6.07) is 11.0. The summed E-state index contributed by atoms with van der Waals surface area (Å²) in [5, 5.41) is 0. The van der Waals surface area contributed by atoms with Gasteiger partial charge in [0.2, 0.25) is 0 Å². The first-order valence-corrected chi connectivity index (χ1v) is 7.54. The van der Waals surface area contributed by atoms with Gasteiger partial charge in [0, 0.05) is 24.7 Å². The summed E-state index contributed by atoms with van der Waals surface area (Å²) in [6.45, 7) is 6.21. The molecule has 1 fully saturated rings. The number of ether oxygens (including phenoxy) is 1. The molecule has 0 aromatic heterocycles. The molecule has 106 valence electrons. The van der Waals surface area contributed by atoms with Crippen molar-refractivity contribution in [2.45, 2.75) is 51.0 Å². The van der Waals surface area contributed by atoms with Gasteiger partial charge in [-0.1, -0.05) is 44.2 Å². The van der Waals surface area contributed by atoms with E-state index in [-0.39, 0.29) is 11.5 Å². The molecule has 2 nitrogen and oxygen atoms in total. The maximum Gasteiger partial charge on any atom is 0.0475 e. The molecular formula is C17H27NO. The van der Waals surface area contributed by atoms with E-state index in [0.717, 1.165) is 38.4 Å². The van der Waals surface area contributed by atoms with Crippen molar-refractivity contribution in [3.63, 3.8) is 0 Å². The first-order valence-electron chi connectivity index (χ1n) is 7.54. The van der Waals surface area contributed by atoms with E-state index in [1.807, 2.05) is 0 Å². The Hall–Kier alpha value is -0.860. The minimum atomic E-state index is 0.119. The monoisotopic (exact) mass is 261 g/mol. The molecule has 1 atom stereocenters. The predicted octanol–water partition coefficient (Wildman–Crippen LogP) is 3.50. The molecular weight excluding hydrogens is 234 g/mol. The topological polar surface area (TPSA) is 35.2 Å². The van der Waals surface area contributed by atoms with Crippen LogP contribution in [0.15, 0.2) is 30.3 Å². The minimum absolute atomic E-state index is 0.119. The Kier molecular flexibility index (Phi) is 5.00. The Morgan fingerprint density at radius 2 is 1.74 bits per heavy atom. The number of rotatable bonds is 5. The van der Waals surface area contributed by atoms with Crippen molar-refractivity contribution in [2.24, 2.45) is 11.7 Å². The highest BCUT2D eigenvalue weighted by Crippen LogP contribution is 2.39. The molecule has 2 rings (SSSR count). The van der Waals surface area contributed by atoms with Crippen LogP contribution in [-0.2, 0) is 10.2 Å². The van der Waals surface area contributed by atoms with E-state index < -0.39 is 0 Å². The number of benzene rings is 1. The fourth-order valence-corrected chi connectivity index (χ4v) is 3.17. The lowest BCUT2D eigenvalue weighted by atomic mass is 9.67. The number of hydrogen-bond donors (Lipinski definition) is 1. The van der Waals surface area contributed by atoms with Gasteiger partial charge in [-0.15, -0.1) is 0 Å². The van der Waals surface area contributed by atoms with E-state index in [4.69, 9.17) is 10.5 Å². The van der Waals surface area contributed by atoms with Crippen LogP contribution in [0.3, 0.4) is 0 Å². The van der Waals surface area contributed by atoms with Gasteiger partial charge in [-0.3, -0.25) is 0 Å². The summed E-state index contributed by atoms with van der Waals surface area (Å²) >= 11 is 0. The van der Waals surface area contributed by atoms with Crippen molar-refractivity contribution in [3.05, 3.63) is 35.9 Å². The molecule has 1 saturated heterocycles. The van der Waals surface area contributed by atoms with Crippen LogP contribution < -0.4 is 5.73 Å². The highest BCUT2D eigenvalue weighted by Gasteiger charge is 2.39. The van der Waals surface area contributed by atoms with Gasteiger partial charge >= 0.3 is 0 Å². The third-order valence-electron chi connectivity index (χ3n) is 4.50. The quantitative estimate of drug-likeness (QED) is 0.880. The zero-order valence-electron chi connectivity index (χ0n) is 12.3. The largest absolute Gasteiger partial charge is 0.381 e. The molecule has 1 heterocycles. The summed E-state index contributed by atoms with van der Waals surface area (Å²) in [6.07, 6.45) is 4.41. The van der Waals surface area contributed by atoms with Gasteiger partial charge in [0.1, 0.15) is 0 Å². The average Bonchev–Trinajstić information content (AvgIpc) is 2.46. The summed E-state index contributed by atoms with van der Waals surface area (Å²) < 4.78 is 5.57. The first kappa shape index (κ1) is 14.5. The maximum atomic E-state index is 6.61. The van der Waals surface area contributed by atoms with Gasteiger partial charge in [0.05, 0.1) is 0 Å². The van der Waals surface area contributed by atoms with Crippen molar-refractivity contribution in [1.29, 1.82) is 0 Å². The van der Waals surface area contributed by atoms with Gasteiger partial charge in [-0.05, 0) is 37.2 Å². The lowest BCUT2D eigenvalue weighted by Crippen LogP contribution is -2.49. The third-order valence-corrected chi connectivity index (χ3v) is 4.50. The van der Waals surface area contributed by atoms with E-state index >= 15 is 0 Å². The molecule has 0 amide bonds. The Morgan fingerprint density at radius 3 is 2.32 bits per heavy atom. The lowest BCUT2D eigenvalue weighted by molar-refractivity contribution is 0.0382. The fraction of sp³-hybridized carbons (Fsp3) is 0.647. The summed E-state index contributed by atoms with van der Waals surface area (Å²) in [5.74, 6) is 0.721. The van der Waals surface area contributed by atoms with Gasteiger partial charge in [0.15, 0.2) is 0 Å². The normalized spacial score (nSPS) is 20.4. The van der Waals surface area contributed by atoms with Crippen molar-refractivity contribution >= 4 is 0 Å². The molecule has 1 aliphatic rings. The second-order valence-electron chi connectivity index (χ2n) is 6.21. The van der Waals surface area contributed by atoms with Crippen LogP contribution in [0.25, 0.3) is 0 Å². The number of hydrogen-bond acceptors (Lipinski definition) is 2. The van der Waals surface area contributed by atoms with Crippen LogP contribution in [0.2, 0.25) is 0 Å². The molecule has 1 unspecified atom stereocenters. The summed E-state index contributed by atoms with van der Waals surface area (Å²) in [7, 11) is 0. The van der Waals surface area contributed by atoms with Crippen LogP contribution in [0.4, 0.5) is 0 Å².